The fourth-order valence-electron chi connectivity index (χ4n) is 4.70. The number of hydrogen-bond acceptors (Lipinski definition) is 8. The van der Waals surface area contributed by atoms with Gasteiger partial charge in [-0.05, 0) is 60.7 Å². The number of ether oxygens (including phenoxy) is 4. The van der Waals surface area contributed by atoms with Crippen LogP contribution in [0.15, 0.2) is 60.7 Å². The molecule has 4 amide bonds. The third kappa shape index (κ3) is 8.51. The summed E-state index contributed by atoms with van der Waals surface area (Å²) in [5.74, 6) is -4.22. The lowest BCUT2D eigenvalue weighted by atomic mass is 9.91. The highest BCUT2D eigenvalue weighted by Crippen LogP contribution is 2.49. The molecular weight excluding hydrogens is 701 g/mol. The van der Waals surface area contributed by atoms with E-state index >= 15 is 0 Å². The molecule has 50 heavy (non-hydrogen) atoms. The van der Waals surface area contributed by atoms with E-state index in [9.17, 15) is 28.0 Å². The van der Waals surface area contributed by atoms with E-state index in [1.807, 2.05) is 0 Å². The smallest absolute Gasteiger partial charge is 0.262 e. The third-order valence-corrected chi connectivity index (χ3v) is 7.56. The minimum Gasteiger partial charge on any atom is -0.493 e. The van der Waals surface area contributed by atoms with Gasteiger partial charge >= 0.3 is 0 Å². The Morgan fingerprint density at radius 1 is 0.620 bits per heavy atom. The van der Waals surface area contributed by atoms with Crippen LogP contribution in [0.4, 0.5) is 20.2 Å². The number of rotatable bonds is 13. The lowest BCUT2D eigenvalue weighted by Gasteiger charge is -2.23. The Morgan fingerprint density at radius 3 is 1.32 bits per heavy atom. The van der Waals surface area contributed by atoms with Crippen LogP contribution >= 0.6 is 23.2 Å². The van der Waals surface area contributed by atoms with Crippen LogP contribution in [0.2, 0.25) is 10.0 Å². The van der Waals surface area contributed by atoms with Crippen molar-refractivity contribution in [1.29, 1.82) is 0 Å². The summed E-state index contributed by atoms with van der Waals surface area (Å²) < 4.78 is 50.3. The fourth-order valence-corrected chi connectivity index (χ4v) is 5.06. The van der Waals surface area contributed by atoms with Crippen molar-refractivity contribution in [3.63, 3.8) is 0 Å². The topological polar surface area (TPSA) is 153 Å². The molecule has 0 aliphatic rings. The number of hydrogen-bond donors (Lipinski definition) is 4. The van der Waals surface area contributed by atoms with Gasteiger partial charge in [0, 0.05) is 36.6 Å². The molecule has 0 bridgehead atoms. The van der Waals surface area contributed by atoms with Crippen LogP contribution in [0.3, 0.4) is 0 Å². The summed E-state index contributed by atoms with van der Waals surface area (Å²) in [7, 11) is 5.40. The summed E-state index contributed by atoms with van der Waals surface area (Å²) in [6.07, 6.45) is 0. The second-order valence-electron chi connectivity index (χ2n) is 10.1. The standard InChI is InChI=1S/C34H30Cl2F2N4O8/c1-39-33(45)19-7-11-25(47-3)31(49-15-27(43)41-17-5-9-23(37)21(35)13-17)29(19)30-20(34(46)40-2)8-12-26(48-4)32(30)50-16-28(44)42-18-6-10-24(38)22(36)14-18/h5-14H,15-16H2,1-4H3,(H,39,45)(H,40,46)(H,41,43)(H,42,44). The number of anilines is 2. The molecule has 0 unspecified atom stereocenters. The predicted octanol–water partition coefficient (Wildman–Crippen LogP) is 5.71. The third-order valence-electron chi connectivity index (χ3n) is 6.98. The van der Waals surface area contributed by atoms with Crippen molar-refractivity contribution in [2.24, 2.45) is 0 Å². The van der Waals surface area contributed by atoms with Gasteiger partial charge in [-0.25, -0.2) is 8.78 Å². The first-order chi connectivity index (χ1) is 23.9. The number of carbonyl (C=O) groups is 4. The van der Waals surface area contributed by atoms with E-state index in [-0.39, 0.29) is 66.7 Å². The SMILES string of the molecule is CNC(=O)c1ccc(OC)c(OCC(=O)Nc2ccc(F)c(Cl)c2)c1-c1c(C(=O)NC)ccc(OC)c1OCC(=O)Nc1ccc(F)c(Cl)c1. The second-order valence-corrected chi connectivity index (χ2v) is 10.9. The zero-order chi connectivity index (χ0) is 36.5. The highest BCUT2D eigenvalue weighted by Gasteiger charge is 2.30. The summed E-state index contributed by atoms with van der Waals surface area (Å²) >= 11 is 11.7. The molecule has 0 saturated heterocycles. The van der Waals surface area contributed by atoms with Crippen molar-refractivity contribution in [1.82, 2.24) is 10.6 Å². The molecule has 0 aliphatic heterocycles. The Balaban J connectivity index is 1.84. The molecule has 0 radical (unpaired) electrons. The molecule has 0 aliphatic carbocycles. The van der Waals surface area contributed by atoms with Gasteiger partial charge in [0.1, 0.15) is 11.6 Å². The number of methoxy groups -OCH3 is 2. The molecule has 4 N–H and O–H groups in total. The molecule has 12 nitrogen and oxygen atoms in total. The number of carbonyl (C=O) groups excluding carboxylic acids is 4. The van der Waals surface area contributed by atoms with Gasteiger partial charge in [-0.1, -0.05) is 23.2 Å². The molecule has 4 aromatic rings. The molecule has 4 rings (SSSR count). The molecule has 0 heterocycles. The Bertz CT molecular complexity index is 1820. The Morgan fingerprint density at radius 2 is 1.00 bits per heavy atom. The Hall–Kier alpha value is -5.60. The van der Waals surface area contributed by atoms with Crippen LogP contribution in [0.1, 0.15) is 20.7 Å². The average Bonchev–Trinajstić information content (AvgIpc) is 3.11. The lowest BCUT2D eigenvalue weighted by Crippen LogP contribution is -2.24. The van der Waals surface area contributed by atoms with Gasteiger partial charge in [0.2, 0.25) is 0 Å². The zero-order valence-electron chi connectivity index (χ0n) is 27.0. The van der Waals surface area contributed by atoms with E-state index in [0.717, 1.165) is 12.1 Å². The van der Waals surface area contributed by atoms with Gasteiger partial charge in [-0.3, -0.25) is 19.2 Å². The molecule has 0 atom stereocenters. The molecule has 0 saturated carbocycles. The number of nitrogens with one attached hydrogen (secondary N) is 4. The number of benzene rings is 4. The van der Waals surface area contributed by atoms with Crippen LogP contribution in [0.5, 0.6) is 23.0 Å². The van der Waals surface area contributed by atoms with Crippen molar-refractivity contribution in [3.8, 4) is 34.1 Å². The summed E-state index contributed by atoms with van der Waals surface area (Å²) in [5, 5.41) is 9.70. The van der Waals surface area contributed by atoms with E-state index < -0.39 is 48.5 Å². The van der Waals surface area contributed by atoms with E-state index in [2.05, 4.69) is 21.3 Å². The Kier molecular flexibility index (Phi) is 12.4. The van der Waals surface area contributed by atoms with Gasteiger partial charge < -0.3 is 40.2 Å². The minimum absolute atomic E-state index is 0.0392. The van der Waals surface area contributed by atoms with Crippen LogP contribution in [0, 0.1) is 11.6 Å². The minimum atomic E-state index is -0.697. The predicted molar refractivity (Wildman–Crippen MR) is 183 cm³/mol. The van der Waals surface area contributed by atoms with E-state index in [0.29, 0.717) is 0 Å². The van der Waals surface area contributed by atoms with E-state index in [4.69, 9.17) is 42.1 Å². The lowest BCUT2D eigenvalue weighted by molar-refractivity contribution is -0.118. The van der Waals surface area contributed by atoms with Gasteiger partial charge in [0.15, 0.2) is 36.2 Å². The van der Waals surface area contributed by atoms with Crippen LogP contribution in [-0.4, -0.2) is 65.2 Å². The molecule has 4 aromatic carbocycles. The first-order valence-electron chi connectivity index (χ1n) is 14.5. The van der Waals surface area contributed by atoms with Gasteiger partial charge in [-0.15, -0.1) is 0 Å². The largest absolute Gasteiger partial charge is 0.493 e. The zero-order valence-corrected chi connectivity index (χ0v) is 28.5. The second kappa shape index (κ2) is 16.7. The number of amides is 4. The normalized spacial score (nSPS) is 10.5. The maximum absolute atomic E-state index is 13.7. The van der Waals surface area contributed by atoms with Crippen molar-refractivity contribution < 1.29 is 46.9 Å². The Labute approximate surface area is 294 Å². The summed E-state index contributed by atoms with van der Waals surface area (Å²) in [6, 6.07) is 12.8. The summed E-state index contributed by atoms with van der Waals surface area (Å²) in [6.45, 7) is -1.32. The van der Waals surface area contributed by atoms with Crippen LogP contribution in [-0.2, 0) is 9.59 Å². The van der Waals surface area contributed by atoms with Crippen molar-refractivity contribution in [2.45, 2.75) is 0 Å². The molecule has 262 valence electrons. The van der Waals surface area contributed by atoms with Gasteiger partial charge in [0.05, 0.1) is 35.4 Å². The molecule has 0 fully saturated rings. The average molecular weight is 732 g/mol. The van der Waals surface area contributed by atoms with Crippen molar-refractivity contribution >= 4 is 58.2 Å². The van der Waals surface area contributed by atoms with Crippen LogP contribution < -0.4 is 40.2 Å². The highest BCUT2D eigenvalue weighted by molar-refractivity contribution is 6.31. The maximum atomic E-state index is 13.7. The molecular formula is C34H30Cl2F2N4O8. The first kappa shape index (κ1) is 37.2. The summed E-state index contributed by atoms with van der Waals surface area (Å²) in [4.78, 5) is 52.6. The quantitative estimate of drug-likeness (QED) is 0.137. The first-order valence-corrected chi connectivity index (χ1v) is 15.3. The van der Waals surface area contributed by atoms with Crippen molar-refractivity contribution in [3.05, 3.63) is 93.5 Å². The summed E-state index contributed by atoms with van der Waals surface area (Å²) in [5.41, 5.74) is 0.176. The highest BCUT2D eigenvalue weighted by atomic mass is 35.5. The van der Waals surface area contributed by atoms with Gasteiger partial charge in [0.25, 0.3) is 23.6 Å². The van der Waals surface area contributed by atoms with E-state index in [1.165, 1.54) is 76.8 Å². The fraction of sp³-hybridized carbons (Fsp3) is 0.176. The van der Waals surface area contributed by atoms with E-state index in [1.54, 1.807) is 0 Å². The maximum Gasteiger partial charge on any atom is 0.262 e. The number of halogens is 4. The van der Waals surface area contributed by atoms with Crippen molar-refractivity contribution in [2.75, 3.05) is 52.2 Å². The molecule has 0 spiro atoms. The molecule has 0 aromatic heterocycles. The van der Waals surface area contributed by atoms with Gasteiger partial charge in [-0.2, -0.15) is 0 Å². The molecule has 16 heteroatoms. The monoisotopic (exact) mass is 730 g/mol. The van der Waals surface area contributed by atoms with Crippen LogP contribution in [0.25, 0.3) is 11.1 Å².